The van der Waals surface area contributed by atoms with Gasteiger partial charge in [-0.2, -0.15) is 0 Å². The molecule has 22 heavy (non-hydrogen) atoms. The first-order valence-corrected chi connectivity index (χ1v) is 8.61. The number of carbonyl (C=O) groups is 2. The zero-order chi connectivity index (χ0) is 16.4. The Labute approximate surface area is 137 Å². The van der Waals surface area contributed by atoms with Crippen LogP contribution in [0.1, 0.15) is 33.6 Å². The molecule has 0 spiro atoms. The summed E-state index contributed by atoms with van der Waals surface area (Å²) in [6.45, 7) is 6.62. The van der Waals surface area contributed by atoms with Crippen LogP contribution in [0, 0.1) is 5.41 Å². The van der Waals surface area contributed by atoms with Gasteiger partial charge in [-0.3, -0.25) is 9.59 Å². The molecule has 2 N–H and O–H groups in total. The van der Waals surface area contributed by atoms with Crippen LogP contribution in [0.15, 0.2) is 35.2 Å². The molecule has 0 aromatic heterocycles. The van der Waals surface area contributed by atoms with Crippen LogP contribution in [0.25, 0.3) is 0 Å². The van der Waals surface area contributed by atoms with Crippen molar-refractivity contribution >= 4 is 23.6 Å². The van der Waals surface area contributed by atoms with E-state index in [1.807, 2.05) is 39.0 Å². The number of thioether (sulfide) groups is 1. The highest BCUT2D eigenvalue weighted by atomic mass is 32.2. The number of carbonyl (C=O) groups excluding carboxylic acids is 2. The molecule has 4 nitrogen and oxygen atoms in total. The average molecular weight is 322 g/mol. The molecule has 2 amide bonds. The quantitative estimate of drug-likeness (QED) is 0.571. The average Bonchev–Trinajstić information content (AvgIpc) is 2.47. The van der Waals surface area contributed by atoms with Crippen LogP contribution in [0.4, 0.5) is 0 Å². The van der Waals surface area contributed by atoms with Crippen LogP contribution in [0.3, 0.4) is 0 Å². The Morgan fingerprint density at radius 3 is 2.36 bits per heavy atom. The fraction of sp³-hybridized carbons (Fsp3) is 0.529. The van der Waals surface area contributed by atoms with E-state index in [9.17, 15) is 9.59 Å². The fourth-order valence-electron chi connectivity index (χ4n) is 1.65. The van der Waals surface area contributed by atoms with Gasteiger partial charge in [0.05, 0.1) is 0 Å². The smallest absolute Gasteiger partial charge is 0.225 e. The van der Waals surface area contributed by atoms with Gasteiger partial charge in [0, 0.05) is 29.8 Å². The number of amides is 2. The third-order valence-electron chi connectivity index (χ3n) is 2.97. The van der Waals surface area contributed by atoms with Crippen LogP contribution in [0.5, 0.6) is 0 Å². The summed E-state index contributed by atoms with van der Waals surface area (Å²) in [5.74, 6) is 0.934. The minimum Gasteiger partial charge on any atom is -0.356 e. The molecule has 0 unspecified atom stereocenters. The number of nitrogens with one attached hydrogen (secondary N) is 2. The predicted molar refractivity (Wildman–Crippen MR) is 91.9 cm³/mol. The Balaban J connectivity index is 2.03. The second kappa shape index (κ2) is 9.51. The largest absolute Gasteiger partial charge is 0.356 e. The lowest BCUT2D eigenvalue weighted by atomic mass is 9.96. The van der Waals surface area contributed by atoms with Crippen molar-refractivity contribution in [3.63, 3.8) is 0 Å². The molecule has 1 aromatic carbocycles. The van der Waals surface area contributed by atoms with Gasteiger partial charge in [0.2, 0.25) is 11.8 Å². The molecule has 0 aliphatic heterocycles. The molecular weight excluding hydrogens is 296 g/mol. The maximum atomic E-state index is 11.6. The Bertz CT molecular complexity index is 469. The van der Waals surface area contributed by atoms with Gasteiger partial charge < -0.3 is 10.6 Å². The summed E-state index contributed by atoms with van der Waals surface area (Å²) in [5, 5.41) is 5.65. The first-order valence-electron chi connectivity index (χ1n) is 7.62. The summed E-state index contributed by atoms with van der Waals surface area (Å²) in [5.41, 5.74) is -0.412. The molecule has 0 bridgehead atoms. The lowest BCUT2D eigenvalue weighted by Gasteiger charge is -2.17. The Kier molecular flexibility index (Phi) is 8.02. The van der Waals surface area contributed by atoms with E-state index in [0.29, 0.717) is 19.5 Å². The number of benzene rings is 1. The maximum absolute atomic E-state index is 11.6. The predicted octanol–water partition coefficient (Wildman–Crippen LogP) is 2.84. The molecule has 0 fully saturated rings. The second-order valence-corrected chi connectivity index (χ2v) is 7.29. The summed E-state index contributed by atoms with van der Waals surface area (Å²) < 4.78 is 0. The van der Waals surface area contributed by atoms with Gasteiger partial charge in [0.15, 0.2) is 0 Å². The van der Waals surface area contributed by atoms with Crippen molar-refractivity contribution in [1.82, 2.24) is 10.6 Å². The molecule has 0 saturated carbocycles. The van der Waals surface area contributed by atoms with Crippen molar-refractivity contribution in [2.24, 2.45) is 5.41 Å². The highest BCUT2D eigenvalue weighted by Crippen LogP contribution is 2.17. The molecule has 0 aliphatic rings. The van der Waals surface area contributed by atoms with Crippen molar-refractivity contribution in [2.45, 2.75) is 38.5 Å². The normalized spacial score (nSPS) is 11.0. The molecule has 0 aliphatic carbocycles. The summed E-state index contributed by atoms with van der Waals surface area (Å²) in [4.78, 5) is 24.5. The first-order chi connectivity index (χ1) is 10.4. The van der Waals surface area contributed by atoms with E-state index in [1.54, 1.807) is 11.8 Å². The van der Waals surface area contributed by atoms with Crippen molar-refractivity contribution < 1.29 is 9.59 Å². The van der Waals surface area contributed by atoms with Crippen molar-refractivity contribution in [3.05, 3.63) is 30.3 Å². The van der Waals surface area contributed by atoms with Crippen molar-refractivity contribution in [3.8, 4) is 0 Å². The molecule has 5 heteroatoms. The van der Waals surface area contributed by atoms with Gasteiger partial charge in [-0.25, -0.2) is 0 Å². The number of hydrogen-bond donors (Lipinski definition) is 2. The van der Waals surface area contributed by atoms with Crippen LogP contribution in [-0.4, -0.2) is 30.7 Å². The van der Waals surface area contributed by atoms with Crippen LogP contribution in [-0.2, 0) is 9.59 Å². The molecule has 122 valence electrons. The zero-order valence-electron chi connectivity index (χ0n) is 13.6. The van der Waals surface area contributed by atoms with Crippen LogP contribution < -0.4 is 10.6 Å². The minimum absolute atomic E-state index is 0.0149. The monoisotopic (exact) mass is 322 g/mol. The van der Waals surface area contributed by atoms with Crippen molar-refractivity contribution in [2.75, 3.05) is 18.8 Å². The standard InChI is InChI=1S/C17H26N2O2S/c1-17(2,3)16(21)19-12-10-15(20)18-11-7-13-22-14-8-5-4-6-9-14/h4-6,8-9H,7,10-13H2,1-3H3,(H,18,20)(H,19,21). The van der Waals surface area contributed by atoms with E-state index in [4.69, 9.17) is 0 Å². The highest BCUT2D eigenvalue weighted by molar-refractivity contribution is 7.99. The number of hydrogen-bond acceptors (Lipinski definition) is 3. The maximum Gasteiger partial charge on any atom is 0.225 e. The second-order valence-electron chi connectivity index (χ2n) is 6.12. The van der Waals surface area contributed by atoms with Crippen LogP contribution in [0.2, 0.25) is 0 Å². The Morgan fingerprint density at radius 1 is 1.05 bits per heavy atom. The van der Waals surface area contributed by atoms with Gasteiger partial charge in [-0.05, 0) is 24.3 Å². The Hall–Kier alpha value is -1.49. The minimum atomic E-state index is -0.412. The van der Waals surface area contributed by atoms with Crippen molar-refractivity contribution in [1.29, 1.82) is 0 Å². The van der Waals surface area contributed by atoms with Gasteiger partial charge in [-0.15, -0.1) is 11.8 Å². The third kappa shape index (κ3) is 8.08. The van der Waals surface area contributed by atoms with Gasteiger partial charge >= 0.3 is 0 Å². The first kappa shape index (κ1) is 18.6. The molecule has 1 rings (SSSR count). The Morgan fingerprint density at radius 2 is 1.73 bits per heavy atom. The SMILES string of the molecule is CC(C)(C)C(=O)NCCC(=O)NCCCSc1ccccc1. The zero-order valence-corrected chi connectivity index (χ0v) is 14.5. The van der Waals surface area contributed by atoms with E-state index >= 15 is 0 Å². The van der Waals surface area contributed by atoms with E-state index in [1.165, 1.54) is 4.90 Å². The van der Waals surface area contributed by atoms with Gasteiger partial charge in [0.25, 0.3) is 0 Å². The lowest BCUT2D eigenvalue weighted by molar-refractivity contribution is -0.128. The third-order valence-corrected chi connectivity index (χ3v) is 4.07. The summed E-state index contributed by atoms with van der Waals surface area (Å²) in [6, 6.07) is 10.2. The van der Waals surface area contributed by atoms with E-state index in [2.05, 4.69) is 22.8 Å². The highest BCUT2D eigenvalue weighted by Gasteiger charge is 2.20. The summed E-state index contributed by atoms with van der Waals surface area (Å²) in [7, 11) is 0. The summed E-state index contributed by atoms with van der Waals surface area (Å²) >= 11 is 1.79. The van der Waals surface area contributed by atoms with E-state index in [-0.39, 0.29) is 11.8 Å². The molecule has 0 atom stereocenters. The molecular formula is C17H26N2O2S. The van der Waals surface area contributed by atoms with Gasteiger partial charge in [-0.1, -0.05) is 39.0 Å². The summed E-state index contributed by atoms with van der Waals surface area (Å²) in [6.07, 6.45) is 1.26. The topological polar surface area (TPSA) is 58.2 Å². The fourth-order valence-corrected chi connectivity index (χ4v) is 2.52. The van der Waals surface area contributed by atoms with Gasteiger partial charge in [0.1, 0.15) is 0 Å². The molecule has 0 saturated heterocycles. The molecule has 1 aromatic rings. The number of rotatable bonds is 8. The molecule has 0 radical (unpaired) electrons. The lowest BCUT2D eigenvalue weighted by Crippen LogP contribution is -2.37. The van der Waals surface area contributed by atoms with Crippen LogP contribution >= 0.6 is 11.8 Å². The molecule has 0 heterocycles. The van der Waals surface area contributed by atoms with E-state index < -0.39 is 5.41 Å². The van der Waals surface area contributed by atoms with E-state index in [0.717, 1.165) is 12.2 Å².